The fourth-order valence-electron chi connectivity index (χ4n) is 2.37. The second kappa shape index (κ2) is 6.12. The molecular weight excluding hydrogens is 356 g/mol. The predicted molar refractivity (Wildman–Crippen MR) is 95.1 cm³/mol. The van der Waals surface area contributed by atoms with Crippen LogP contribution in [0, 0.1) is 0 Å². The number of H-pyrrole nitrogens is 1. The normalized spacial score (nSPS) is 11.5. The van der Waals surface area contributed by atoms with Gasteiger partial charge in [-0.2, -0.15) is 9.97 Å². The van der Waals surface area contributed by atoms with Crippen molar-refractivity contribution in [3.05, 3.63) is 71.0 Å². The molecule has 0 atom stereocenters. The molecule has 0 spiro atoms. The number of sulfonamides is 1. The summed E-state index contributed by atoms with van der Waals surface area (Å²) in [4.78, 5) is 22.8. The number of nitrogens with one attached hydrogen (secondary N) is 2. The quantitative estimate of drug-likeness (QED) is 0.571. The van der Waals surface area contributed by atoms with Crippen molar-refractivity contribution in [3.63, 3.8) is 0 Å². The Balaban J connectivity index is 1.75. The SMILES string of the molecule is O=c1[nH]c(NS(=O)(=O)c2ccccc2)nc2nc(-c3ccccc3)oc12. The third-order valence-electron chi connectivity index (χ3n) is 3.57. The number of rotatable bonds is 4. The first-order valence-electron chi connectivity index (χ1n) is 7.57. The van der Waals surface area contributed by atoms with E-state index in [4.69, 9.17) is 4.42 Å². The summed E-state index contributed by atoms with van der Waals surface area (Å²) in [6, 6.07) is 16.8. The molecule has 0 bridgehead atoms. The first-order chi connectivity index (χ1) is 12.5. The summed E-state index contributed by atoms with van der Waals surface area (Å²) in [7, 11) is -3.89. The van der Waals surface area contributed by atoms with E-state index in [1.165, 1.54) is 12.1 Å². The molecule has 0 aliphatic rings. The van der Waals surface area contributed by atoms with Crippen molar-refractivity contribution in [1.82, 2.24) is 15.0 Å². The number of hydrogen-bond acceptors (Lipinski definition) is 6. The molecule has 4 rings (SSSR count). The third-order valence-corrected chi connectivity index (χ3v) is 4.93. The van der Waals surface area contributed by atoms with E-state index in [-0.39, 0.29) is 28.0 Å². The number of fused-ring (bicyclic) bond motifs is 1. The van der Waals surface area contributed by atoms with Gasteiger partial charge in [0.1, 0.15) is 0 Å². The second-order valence-electron chi connectivity index (χ2n) is 5.37. The molecule has 9 heteroatoms. The lowest BCUT2D eigenvalue weighted by Crippen LogP contribution is -2.18. The Morgan fingerprint density at radius 1 is 0.923 bits per heavy atom. The van der Waals surface area contributed by atoms with Gasteiger partial charge in [0.15, 0.2) is 0 Å². The molecule has 2 heterocycles. The zero-order valence-corrected chi connectivity index (χ0v) is 14.0. The molecule has 0 aliphatic carbocycles. The van der Waals surface area contributed by atoms with E-state index >= 15 is 0 Å². The Morgan fingerprint density at radius 2 is 1.58 bits per heavy atom. The van der Waals surface area contributed by atoms with Crippen molar-refractivity contribution in [2.75, 3.05) is 4.72 Å². The van der Waals surface area contributed by atoms with Crippen LogP contribution in [-0.4, -0.2) is 23.4 Å². The van der Waals surface area contributed by atoms with Gasteiger partial charge in [-0.25, -0.2) is 13.1 Å². The van der Waals surface area contributed by atoms with E-state index in [0.29, 0.717) is 5.56 Å². The summed E-state index contributed by atoms with van der Waals surface area (Å²) in [6.45, 7) is 0. The van der Waals surface area contributed by atoms with Crippen molar-refractivity contribution in [1.29, 1.82) is 0 Å². The van der Waals surface area contributed by atoms with Gasteiger partial charge in [0.05, 0.1) is 4.90 Å². The molecule has 8 nitrogen and oxygen atoms in total. The number of nitrogens with zero attached hydrogens (tertiary/aromatic N) is 2. The minimum Gasteiger partial charge on any atom is -0.428 e. The van der Waals surface area contributed by atoms with Gasteiger partial charge >= 0.3 is 0 Å². The molecule has 0 radical (unpaired) electrons. The Kier molecular flexibility index (Phi) is 3.77. The smallest absolute Gasteiger partial charge is 0.297 e. The number of anilines is 1. The first-order valence-corrected chi connectivity index (χ1v) is 9.05. The minimum absolute atomic E-state index is 0.0124. The molecule has 0 unspecified atom stereocenters. The van der Waals surface area contributed by atoms with Crippen molar-refractivity contribution in [2.24, 2.45) is 0 Å². The fraction of sp³-hybridized carbons (Fsp3) is 0. The Labute approximate surface area is 147 Å². The number of aromatic nitrogens is 3. The summed E-state index contributed by atoms with van der Waals surface area (Å²) < 4.78 is 32.4. The van der Waals surface area contributed by atoms with Crippen LogP contribution in [-0.2, 0) is 10.0 Å². The number of oxazole rings is 1. The zero-order valence-electron chi connectivity index (χ0n) is 13.2. The predicted octanol–water partition coefficient (Wildman–Crippen LogP) is 2.38. The maximum Gasteiger partial charge on any atom is 0.297 e. The largest absolute Gasteiger partial charge is 0.428 e. The Morgan fingerprint density at radius 3 is 2.27 bits per heavy atom. The monoisotopic (exact) mass is 368 g/mol. The van der Waals surface area contributed by atoms with Gasteiger partial charge in [0, 0.05) is 5.56 Å². The summed E-state index contributed by atoms with van der Waals surface area (Å²) >= 11 is 0. The molecule has 26 heavy (non-hydrogen) atoms. The molecule has 0 saturated heterocycles. The topological polar surface area (TPSA) is 118 Å². The van der Waals surface area contributed by atoms with Gasteiger partial charge < -0.3 is 4.42 Å². The average molecular weight is 368 g/mol. The molecule has 130 valence electrons. The van der Waals surface area contributed by atoms with E-state index in [0.717, 1.165) is 0 Å². The van der Waals surface area contributed by atoms with E-state index in [9.17, 15) is 13.2 Å². The van der Waals surface area contributed by atoms with Gasteiger partial charge in [0.25, 0.3) is 15.6 Å². The van der Waals surface area contributed by atoms with Crippen LogP contribution in [0.2, 0.25) is 0 Å². The number of benzene rings is 2. The maximum atomic E-state index is 12.4. The standard InChI is InChI=1S/C17H12N4O4S/c22-15-13-14(18-16(25-13)11-7-3-1-4-8-11)19-17(20-15)21-26(23,24)12-9-5-2-6-10-12/h1-10H,(H2,19,20,21,22). The molecule has 0 fully saturated rings. The molecule has 0 aliphatic heterocycles. The summed E-state index contributed by atoms with van der Waals surface area (Å²) in [6.07, 6.45) is 0. The Bertz CT molecular complexity index is 1230. The molecule has 2 N–H and O–H groups in total. The van der Waals surface area contributed by atoms with Crippen molar-refractivity contribution in [3.8, 4) is 11.5 Å². The molecular formula is C17H12N4O4S. The van der Waals surface area contributed by atoms with E-state index in [1.54, 1.807) is 42.5 Å². The second-order valence-corrected chi connectivity index (χ2v) is 7.05. The van der Waals surface area contributed by atoms with E-state index in [1.807, 2.05) is 6.07 Å². The fourth-order valence-corrected chi connectivity index (χ4v) is 3.36. The van der Waals surface area contributed by atoms with Crippen LogP contribution in [0.3, 0.4) is 0 Å². The minimum atomic E-state index is -3.89. The summed E-state index contributed by atoms with van der Waals surface area (Å²) in [5, 5.41) is 0. The highest BCUT2D eigenvalue weighted by Gasteiger charge is 2.18. The molecule has 4 aromatic rings. The molecule has 2 aromatic carbocycles. The number of hydrogen-bond donors (Lipinski definition) is 2. The highest BCUT2D eigenvalue weighted by molar-refractivity contribution is 7.92. The van der Waals surface area contributed by atoms with Gasteiger partial charge in [-0.1, -0.05) is 36.4 Å². The third kappa shape index (κ3) is 2.95. The van der Waals surface area contributed by atoms with Gasteiger partial charge in [-0.3, -0.25) is 9.78 Å². The van der Waals surface area contributed by atoms with Crippen molar-refractivity contribution in [2.45, 2.75) is 4.90 Å². The maximum absolute atomic E-state index is 12.4. The van der Waals surface area contributed by atoms with Crippen LogP contribution < -0.4 is 10.3 Å². The average Bonchev–Trinajstić information content (AvgIpc) is 3.08. The van der Waals surface area contributed by atoms with Crippen LogP contribution in [0.1, 0.15) is 0 Å². The van der Waals surface area contributed by atoms with E-state index in [2.05, 4.69) is 19.7 Å². The lowest BCUT2D eigenvalue weighted by molar-refractivity contribution is 0.600. The molecule has 2 aromatic heterocycles. The van der Waals surface area contributed by atoms with Gasteiger partial charge in [0.2, 0.25) is 23.1 Å². The highest BCUT2D eigenvalue weighted by Crippen LogP contribution is 2.21. The first kappa shape index (κ1) is 16.0. The lowest BCUT2D eigenvalue weighted by atomic mass is 10.2. The number of aromatic amines is 1. The van der Waals surface area contributed by atoms with Crippen molar-refractivity contribution < 1.29 is 12.8 Å². The van der Waals surface area contributed by atoms with E-state index < -0.39 is 15.6 Å². The highest BCUT2D eigenvalue weighted by atomic mass is 32.2. The summed E-state index contributed by atoms with van der Waals surface area (Å²) in [5.74, 6) is -0.0130. The summed E-state index contributed by atoms with van der Waals surface area (Å²) in [5.41, 5.74) is -0.0170. The lowest BCUT2D eigenvalue weighted by Gasteiger charge is -2.06. The van der Waals surface area contributed by atoms with Crippen LogP contribution in [0.25, 0.3) is 22.7 Å². The molecule has 0 saturated carbocycles. The van der Waals surface area contributed by atoms with Gasteiger partial charge in [-0.05, 0) is 24.3 Å². The molecule has 0 amide bonds. The zero-order chi connectivity index (χ0) is 18.1. The van der Waals surface area contributed by atoms with Crippen LogP contribution in [0.5, 0.6) is 0 Å². The van der Waals surface area contributed by atoms with Crippen LogP contribution in [0.15, 0.2) is 74.8 Å². The van der Waals surface area contributed by atoms with Crippen LogP contribution >= 0.6 is 0 Å². The van der Waals surface area contributed by atoms with Crippen LogP contribution in [0.4, 0.5) is 5.95 Å². The Hall–Kier alpha value is -3.46. The van der Waals surface area contributed by atoms with Gasteiger partial charge in [-0.15, -0.1) is 0 Å². The van der Waals surface area contributed by atoms with Crippen molar-refractivity contribution >= 4 is 27.2 Å².